The van der Waals surface area contributed by atoms with Crippen molar-refractivity contribution in [1.82, 2.24) is 10.2 Å². The summed E-state index contributed by atoms with van der Waals surface area (Å²) in [7, 11) is 0. The lowest BCUT2D eigenvalue weighted by atomic mass is 9.94. The number of hydrogen-bond donors (Lipinski definition) is 1. The third-order valence-corrected chi connectivity index (χ3v) is 4.86. The van der Waals surface area contributed by atoms with Crippen molar-refractivity contribution in [2.45, 2.75) is 37.8 Å². The molecule has 1 saturated carbocycles. The van der Waals surface area contributed by atoms with Crippen LogP contribution in [-0.2, 0) is 6.54 Å². The molecule has 20 heavy (non-hydrogen) atoms. The van der Waals surface area contributed by atoms with Gasteiger partial charge in [0.05, 0.1) is 0 Å². The lowest BCUT2D eigenvalue weighted by Gasteiger charge is -2.41. The number of ether oxygens (including phenoxy) is 2. The summed E-state index contributed by atoms with van der Waals surface area (Å²) in [6.45, 7) is 4.80. The van der Waals surface area contributed by atoms with Gasteiger partial charge in [0.25, 0.3) is 0 Å². The van der Waals surface area contributed by atoms with Crippen LogP contribution in [0.2, 0.25) is 0 Å². The molecule has 0 bridgehead atoms. The maximum Gasteiger partial charge on any atom is 0.231 e. The zero-order valence-corrected chi connectivity index (χ0v) is 11.9. The van der Waals surface area contributed by atoms with E-state index in [1.807, 2.05) is 6.07 Å². The second kappa shape index (κ2) is 4.93. The van der Waals surface area contributed by atoms with Gasteiger partial charge < -0.3 is 14.8 Å². The third kappa shape index (κ3) is 2.27. The zero-order chi connectivity index (χ0) is 13.4. The first-order chi connectivity index (χ1) is 9.83. The summed E-state index contributed by atoms with van der Waals surface area (Å²) in [6.07, 6.45) is 5.44. The molecule has 3 aliphatic rings. The van der Waals surface area contributed by atoms with E-state index in [1.165, 1.54) is 37.8 Å². The molecule has 4 heteroatoms. The van der Waals surface area contributed by atoms with Crippen LogP contribution in [0.1, 0.15) is 31.2 Å². The fraction of sp³-hybridized carbons (Fsp3) is 0.625. The van der Waals surface area contributed by atoms with E-state index in [1.54, 1.807) is 0 Å². The van der Waals surface area contributed by atoms with E-state index in [0.29, 0.717) is 12.3 Å². The van der Waals surface area contributed by atoms with Crippen molar-refractivity contribution in [3.63, 3.8) is 0 Å². The van der Waals surface area contributed by atoms with Gasteiger partial charge in [0.2, 0.25) is 6.79 Å². The van der Waals surface area contributed by atoms with Crippen LogP contribution >= 0.6 is 0 Å². The lowest BCUT2D eigenvalue weighted by molar-refractivity contribution is 0.128. The summed E-state index contributed by atoms with van der Waals surface area (Å²) in [6, 6.07) is 6.33. The first-order valence-corrected chi connectivity index (χ1v) is 7.69. The highest BCUT2D eigenvalue weighted by atomic mass is 16.7. The quantitative estimate of drug-likeness (QED) is 0.896. The molecule has 0 unspecified atom stereocenters. The van der Waals surface area contributed by atoms with E-state index in [0.717, 1.165) is 31.1 Å². The second-order valence-electron chi connectivity index (χ2n) is 6.31. The van der Waals surface area contributed by atoms with Crippen molar-refractivity contribution in [1.29, 1.82) is 0 Å². The number of hydrogen-bond acceptors (Lipinski definition) is 4. The van der Waals surface area contributed by atoms with Crippen LogP contribution in [0.3, 0.4) is 0 Å². The number of nitrogens with one attached hydrogen (secondary N) is 1. The molecular formula is C16H22N2O2. The number of benzene rings is 1. The Morgan fingerprint density at radius 2 is 2.00 bits per heavy atom. The molecule has 2 aliphatic heterocycles. The fourth-order valence-corrected chi connectivity index (χ4v) is 3.86. The van der Waals surface area contributed by atoms with Crippen LogP contribution in [0.5, 0.6) is 11.5 Å². The Hall–Kier alpha value is -1.26. The normalized spacial score (nSPS) is 24.4. The number of nitrogens with zero attached hydrogens (tertiary/aromatic N) is 1. The molecule has 108 valence electrons. The third-order valence-electron chi connectivity index (χ3n) is 4.86. The van der Waals surface area contributed by atoms with Gasteiger partial charge in [0, 0.05) is 31.7 Å². The predicted octanol–water partition coefficient (Wildman–Crippen LogP) is 2.13. The monoisotopic (exact) mass is 274 g/mol. The summed E-state index contributed by atoms with van der Waals surface area (Å²) >= 11 is 0. The van der Waals surface area contributed by atoms with Crippen LogP contribution in [0.25, 0.3) is 0 Å². The van der Waals surface area contributed by atoms with Crippen molar-refractivity contribution in [3.05, 3.63) is 23.8 Å². The Labute approximate surface area is 120 Å². The van der Waals surface area contributed by atoms with Crippen LogP contribution in [0.15, 0.2) is 18.2 Å². The Kier molecular flexibility index (Phi) is 3.08. The van der Waals surface area contributed by atoms with Crippen LogP contribution in [-0.4, -0.2) is 36.9 Å². The van der Waals surface area contributed by atoms with Crippen molar-refractivity contribution in [2.75, 3.05) is 26.4 Å². The molecule has 1 aromatic carbocycles. The molecule has 0 aromatic heterocycles. The van der Waals surface area contributed by atoms with Crippen molar-refractivity contribution < 1.29 is 9.47 Å². The van der Waals surface area contributed by atoms with E-state index >= 15 is 0 Å². The van der Waals surface area contributed by atoms with Gasteiger partial charge >= 0.3 is 0 Å². The van der Waals surface area contributed by atoms with Gasteiger partial charge in [-0.25, -0.2) is 0 Å². The predicted molar refractivity (Wildman–Crippen MR) is 77.0 cm³/mol. The van der Waals surface area contributed by atoms with Gasteiger partial charge in [0.1, 0.15) is 0 Å². The average Bonchev–Trinajstić information content (AvgIpc) is 3.08. The molecule has 1 aromatic rings. The summed E-state index contributed by atoms with van der Waals surface area (Å²) in [5.74, 6) is 1.77. The molecular weight excluding hydrogens is 252 g/mol. The Balaban J connectivity index is 1.46. The van der Waals surface area contributed by atoms with Crippen molar-refractivity contribution >= 4 is 0 Å². The zero-order valence-electron chi connectivity index (χ0n) is 11.9. The van der Waals surface area contributed by atoms with Gasteiger partial charge in [-0.2, -0.15) is 0 Å². The maximum atomic E-state index is 5.47. The summed E-state index contributed by atoms with van der Waals surface area (Å²) < 4.78 is 10.8. The topological polar surface area (TPSA) is 33.7 Å². The van der Waals surface area contributed by atoms with E-state index in [2.05, 4.69) is 22.3 Å². The Bertz CT molecular complexity index is 497. The van der Waals surface area contributed by atoms with Crippen LogP contribution < -0.4 is 14.8 Å². The number of fused-ring (bicyclic) bond motifs is 1. The average molecular weight is 274 g/mol. The van der Waals surface area contributed by atoms with Crippen molar-refractivity contribution in [3.8, 4) is 11.5 Å². The first kappa shape index (κ1) is 12.5. The molecule has 2 fully saturated rings. The number of piperazine rings is 1. The molecule has 0 radical (unpaired) electrons. The standard InChI is InChI=1S/C16H22N2O2/c1-2-6-16(5-1)11-18(8-7-17-16)10-13-3-4-14-15(9-13)20-12-19-14/h3-4,9,17H,1-2,5-8,10-12H2. The molecule has 1 spiro atoms. The number of rotatable bonds is 2. The van der Waals surface area contributed by atoms with Gasteiger partial charge in [-0.15, -0.1) is 0 Å². The van der Waals surface area contributed by atoms with Crippen LogP contribution in [0.4, 0.5) is 0 Å². The van der Waals surface area contributed by atoms with Gasteiger partial charge in [-0.05, 0) is 30.5 Å². The van der Waals surface area contributed by atoms with E-state index in [9.17, 15) is 0 Å². The maximum absolute atomic E-state index is 5.47. The van der Waals surface area contributed by atoms with E-state index in [4.69, 9.17) is 9.47 Å². The largest absolute Gasteiger partial charge is 0.454 e. The molecule has 1 aliphatic carbocycles. The SMILES string of the molecule is c1cc2c(cc1CN1CCNC3(CCCC3)C1)OCO2. The molecule has 1 N–H and O–H groups in total. The van der Waals surface area contributed by atoms with E-state index < -0.39 is 0 Å². The minimum absolute atomic E-state index is 0.357. The molecule has 4 nitrogen and oxygen atoms in total. The molecule has 2 heterocycles. The Morgan fingerprint density at radius 1 is 1.15 bits per heavy atom. The lowest BCUT2D eigenvalue weighted by Crippen LogP contribution is -2.58. The highest BCUT2D eigenvalue weighted by molar-refractivity contribution is 5.44. The fourth-order valence-electron chi connectivity index (χ4n) is 3.86. The van der Waals surface area contributed by atoms with Gasteiger partial charge in [-0.1, -0.05) is 18.9 Å². The summed E-state index contributed by atoms with van der Waals surface area (Å²) in [4.78, 5) is 2.58. The smallest absolute Gasteiger partial charge is 0.231 e. The summed E-state index contributed by atoms with van der Waals surface area (Å²) in [5.41, 5.74) is 1.72. The molecule has 4 rings (SSSR count). The second-order valence-corrected chi connectivity index (χ2v) is 6.31. The highest BCUT2D eigenvalue weighted by Crippen LogP contribution is 2.34. The summed E-state index contributed by atoms with van der Waals surface area (Å²) in [5, 5.41) is 3.77. The van der Waals surface area contributed by atoms with Crippen molar-refractivity contribution in [2.24, 2.45) is 0 Å². The molecule has 0 amide bonds. The molecule has 0 atom stereocenters. The van der Waals surface area contributed by atoms with Gasteiger partial charge in [0.15, 0.2) is 11.5 Å². The van der Waals surface area contributed by atoms with E-state index in [-0.39, 0.29) is 0 Å². The highest BCUT2D eigenvalue weighted by Gasteiger charge is 2.37. The Morgan fingerprint density at radius 3 is 2.90 bits per heavy atom. The van der Waals surface area contributed by atoms with Crippen LogP contribution in [0, 0.1) is 0 Å². The first-order valence-electron chi connectivity index (χ1n) is 7.69. The van der Waals surface area contributed by atoms with Gasteiger partial charge in [-0.3, -0.25) is 4.90 Å². The minimum atomic E-state index is 0.357. The molecule has 1 saturated heterocycles. The minimum Gasteiger partial charge on any atom is -0.454 e.